The second-order valence-electron chi connectivity index (χ2n) is 5.27. The van der Waals surface area contributed by atoms with Crippen molar-refractivity contribution in [1.82, 2.24) is 0 Å². The van der Waals surface area contributed by atoms with E-state index in [1.807, 2.05) is 24.8 Å². The summed E-state index contributed by atoms with van der Waals surface area (Å²) in [6.07, 6.45) is 2.07. The smallest absolute Gasteiger partial charge is 0.223 e. The molecule has 0 saturated heterocycles. The number of nitrogens with zero attached hydrogens (tertiary/aromatic N) is 1. The first kappa shape index (κ1) is 13.4. The molecule has 2 N–H and O–H groups in total. The molecule has 0 atom stereocenters. The van der Waals surface area contributed by atoms with Gasteiger partial charge in [-0.1, -0.05) is 0 Å². The second-order valence-corrected chi connectivity index (χ2v) is 7.00. The SMILES string of the molecule is CC(=O)N1CCCc2cc(SC(C)(C)N)ccc21. The molecule has 0 saturated carbocycles. The molecule has 2 rings (SSSR count). The lowest BCUT2D eigenvalue weighted by Crippen LogP contribution is -2.33. The van der Waals surface area contributed by atoms with Crippen LogP contribution in [0.5, 0.6) is 0 Å². The Morgan fingerprint density at radius 1 is 1.44 bits per heavy atom. The zero-order chi connectivity index (χ0) is 13.3. The average molecular weight is 264 g/mol. The van der Waals surface area contributed by atoms with Crippen molar-refractivity contribution in [3.05, 3.63) is 23.8 Å². The number of thioether (sulfide) groups is 1. The minimum absolute atomic E-state index is 0.121. The molecule has 98 valence electrons. The maximum absolute atomic E-state index is 11.6. The van der Waals surface area contributed by atoms with E-state index in [9.17, 15) is 4.79 Å². The third-order valence-electron chi connectivity index (χ3n) is 2.93. The quantitative estimate of drug-likeness (QED) is 0.660. The molecule has 1 aromatic rings. The van der Waals surface area contributed by atoms with Gasteiger partial charge in [0.2, 0.25) is 5.91 Å². The zero-order valence-electron chi connectivity index (χ0n) is 11.2. The molecule has 0 aliphatic carbocycles. The standard InChI is InChI=1S/C14H20N2OS/c1-10(17)16-8-4-5-11-9-12(6-7-13(11)16)18-14(2,3)15/h6-7,9H,4-5,8,15H2,1-3H3. The van der Waals surface area contributed by atoms with E-state index in [0.717, 1.165) is 25.1 Å². The van der Waals surface area contributed by atoms with Crippen LogP contribution in [0.2, 0.25) is 0 Å². The second kappa shape index (κ2) is 4.94. The topological polar surface area (TPSA) is 46.3 Å². The van der Waals surface area contributed by atoms with Crippen LogP contribution >= 0.6 is 11.8 Å². The normalized spacial score (nSPS) is 15.4. The van der Waals surface area contributed by atoms with Crippen LogP contribution in [0.1, 0.15) is 32.8 Å². The summed E-state index contributed by atoms with van der Waals surface area (Å²) in [4.78, 5) is 14.3. The van der Waals surface area contributed by atoms with Crippen LogP contribution in [-0.2, 0) is 11.2 Å². The van der Waals surface area contributed by atoms with E-state index in [4.69, 9.17) is 5.73 Å². The van der Waals surface area contributed by atoms with E-state index in [-0.39, 0.29) is 10.8 Å². The van der Waals surface area contributed by atoms with Gasteiger partial charge in [-0.2, -0.15) is 0 Å². The fraction of sp³-hybridized carbons (Fsp3) is 0.500. The molecule has 1 heterocycles. The summed E-state index contributed by atoms with van der Waals surface area (Å²) < 4.78 is 0. The zero-order valence-corrected chi connectivity index (χ0v) is 12.0. The Kier molecular flexibility index (Phi) is 3.69. The van der Waals surface area contributed by atoms with E-state index in [1.165, 1.54) is 10.5 Å². The van der Waals surface area contributed by atoms with Gasteiger partial charge in [-0.15, -0.1) is 11.8 Å². The van der Waals surface area contributed by atoms with Crippen molar-refractivity contribution in [3.63, 3.8) is 0 Å². The highest BCUT2D eigenvalue weighted by Gasteiger charge is 2.21. The summed E-state index contributed by atoms with van der Waals surface area (Å²) in [5.74, 6) is 0.121. The van der Waals surface area contributed by atoms with Gasteiger partial charge in [0.05, 0.1) is 4.87 Å². The van der Waals surface area contributed by atoms with E-state index in [1.54, 1.807) is 18.7 Å². The van der Waals surface area contributed by atoms with Gasteiger partial charge in [0.1, 0.15) is 0 Å². The monoisotopic (exact) mass is 264 g/mol. The first-order chi connectivity index (χ1) is 8.37. The Morgan fingerprint density at radius 2 is 2.17 bits per heavy atom. The van der Waals surface area contributed by atoms with Crippen molar-refractivity contribution in [2.75, 3.05) is 11.4 Å². The predicted molar refractivity (Wildman–Crippen MR) is 76.9 cm³/mol. The molecule has 0 aromatic heterocycles. The lowest BCUT2D eigenvalue weighted by molar-refractivity contribution is -0.116. The third-order valence-corrected chi connectivity index (χ3v) is 3.95. The van der Waals surface area contributed by atoms with Gasteiger partial charge < -0.3 is 10.6 Å². The van der Waals surface area contributed by atoms with Crippen LogP contribution in [0.25, 0.3) is 0 Å². The first-order valence-corrected chi connectivity index (χ1v) is 7.07. The fourth-order valence-electron chi connectivity index (χ4n) is 2.27. The number of anilines is 1. The van der Waals surface area contributed by atoms with Gasteiger partial charge in [-0.05, 0) is 50.5 Å². The number of amides is 1. The Morgan fingerprint density at radius 3 is 2.78 bits per heavy atom. The first-order valence-electron chi connectivity index (χ1n) is 6.26. The van der Waals surface area contributed by atoms with Gasteiger partial charge >= 0.3 is 0 Å². The van der Waals surface area contributed by atoms with Crippen LogP contribution < -0.4 is 10.6 Å². The number of nitrogens with two attached hydrogens (primary N) is 1. The number of hydrogen-bond donors (Lipinski definition) is 1. The molecule has 1 aromatic carbocycles. The van der Waals surface area contributed by atoms with Crippen LogP contribution in [0.15, 0.2) is 23.1 Å². The van der Waals surface area contributed by atoms with E-state index >= 15 is 0 Å². The van der Waals surface area contributed by atoms with Gasteiger partial charge in [-0.25, -0.2) is 0 Å². The summed E-state index contributed by atoms with van der Waals surface area (Å²) in [6, 6.07) is 6.27. The molecule has 3 nitrogen and oxygen atoms in total. The lowest BCUT2D eigenvalue weighted by Gasteiger charge is -2.29. The van der Waals surface area contributed by atoms with Crippen molar-refractivity contribution in [2.45, 2.75) is 43.4 Å². The lowest BCUT2D eigenvalue weighted by atomic mass is 10.0. The Hall–Kier alpha value is -1.00. The highest BCUT2D eigenvalue weighted by molar-refractivity contribution is 8.00. The molecule has 0 unspecified atom stereocenters. The maximum atomic E-state index is 11.6. The summed E-state index contributed by atoms with van der Waals surface area (Å²) in [7, 11) is 0. The summed E-state index contributed by atoms with van der Waals surface area (Å²) >= 11 is 1.66. The van der Waals surface area contributed by atoms with Crippen LogP contribution in [0, 0.1) is 0 Å². The van der Waals surface area contributed by atoms with Crippen LogP contribution in [0.4, 0.5) is 5.69 Å². The third kappa shape index (κ3) is 3.06. The average Bonchev–Trinajstić information content (AvgIpc) is 2.25. The van der Waals surface area contributed by atoms with Gasteiger partial charge in [0.15, 0.2) is 0 Å². The summed E-state index contributed by atoms with van der Waals surface area (Å²) in [5.41, 5.74) is 8.34. The minimum Gasteiger partial charge on any atom is -0.317 e. The number of fused-ring (bicyclic) bond motifs is 1. The Balaban J connectivity index is 2.30. The molecule has 1 aliphatic rings. The predicted octanol–water partition coefficient (Wildman–Crippen LogP) is 2.77. The molecule has 0 radical (unpaired) electrons. The molecule has 0 fully saturated rings. The Labute approximate surface area is 113 Å². The van der Waals surface area contributed by atoms with E-state index < -0.39 is 0 Å². The van der Waals surface area contributed by atoms with Crippen molar-refractivity contribution in [2.24, 2.45) is 5.73 Å². The largest absolute Gasteiger partial charge is 0.317 e. The Bertz CT molecular complexity index is 465. The molecule has 0 bridgehead atoms. The van der Waals surface area contributed by atoms with Crippen molar-refractivity contribution in [3.8, 4) is 0 Å². The van der Waals surface area contributed by atoms with Gasteiger partial charge in [0.25, 0.3) is 0 Å². The number of carbonyl (C=O) groups is 1. The highest BCUT2D eigenvalue weighted by Crippen LogP contribution is 2.34. The molecule has 0 spiro atoms. The van der Waals surface area contributed by atoms with Crippen molar-refractivity contribution >= 4 is 23.4 Å². The number of aryl methyl sites for hydroxylation is 1. The summed E-state index contributed by atoms with van der Waals surface area (Å²) in [6.45, 7) is 6.45. The fourth-order valence-corrected chi connectivity index (χ4v) is 3.21. The minimum atomic E-state index is -0.275. The van der Waals surface area contributed by atoms with Gasteiger partial charge in [-0.3, -0.25) is 4.79 Å². The molecule has 4 heteroatoms. The maximum Gasteiger partial charge on any atom is 0.223 e. The van der Waals surface area contributed by atoms with E-state index in [0.29, 0.717) is 0 Å². The van der Waals surface area contributed by atoms with Crippen LogP contribution in [-0.4, -0.2) is 17.3 Å². The van der Waals surface area contributed by atoms with Crippen LogP contribution in [0.3, 0.4) is 0 Å². The summed E-state index contributed by atoms with van der Waals surface area (Å²) in [5, 5.41) is 0. The molecule has 1 aliphatic heterocycles. The molecule has 1 amide bonds. The number of hydrogen-bond acceptors (Lipinski definition) is 3. The van der Waals surface area contributed by atoms with Crippen molar-refractivity contribution < 1.29 is 4.79 Å². The molecule has 18 heavy (non-hydrogen) atoms. The molecular formula is C14H20N2OS. The number of carbonyl (C=O) groups excluding carboxylic acids is 1. The number of benzene rings is 1. The van der Waals surface area contributed by atoms with Gasteiger partial charge in [0, 0.05) is 24.1 Å². The molecular weight excluding hydrogens is 244 g/mol. The number of rotatable bonds is 2. The van der Waals surface area contributed by atoms with Crippen molar-refractivity contribution in [1.29, 1.82) is 0 Å². The highest BCUT2D eigenvalue weighted by atomic mass is 32.2. The van der Waals surface area contributed by atoms with E-state index in [2.05, 4.69) is 12.1 Å².